The zero-order valence-corrected chi connectivity index (χ0v) is 12.1. The second-order valence-corrected chi connectivity index (χ2v) is 5.26. The molecule has 0 radical (unpaired) electrons. The van der Waals surface area contributed by atoms with Crippen molar-refractivity contribution >= 4 is 5.69 Å². The minimum Gasteiger partial charge on any atom is -0.382 e. The van der Waals surface area contributed by atoms with Gasteiger partial charge in [-0.3, -0.25) is 0 Å². The zero-order chi connectivity index (χ0) is 13.7. The van der Waals surface area contributed by atoms with Crippen LogP contribution >= 0.6 is 0 Å². The van der Waals surface area contributed by atoms with E-state index in [1.54, 1.807) is 0 Å². The number of hydrogen-bond acceptors (Lipinski definition) is 1. The van der Waals surface area contributed by atoms with Gasteiger partial charge in [0, 0.05) is 11.7 Å². The summed E-state index contributed by atoms with van der Waals surface area (Å²) in [6, 6.07) is 17.8. The molecule has 1 atom stereocenters. The second kappa shape index (κ2) is 6.42. The van der Waals surface area contributed by atoms with Gasteiger partial charge in [-0.1, -0.05) is 55.0 Å². The predicted molar refractivity (Wildman–Crippen MR) is 83.8 cm³/mol. The van der Waals surface area contributed by atoms with Crippen molar-refractivity contribution in [3.8, 4) is 0 Å². The van der Waals surface area contributed by atoms with Crippen LogP contribution in [0.1, 0.15) is 30.0 Å². The van der Waals surface area contributed by atoms with Crippen LogP contribution in [0, 0.1) is 13.8 Å². The molecule has 19 heavy (non-hydrogen) atoms. The van der Waals surface area contributed by atoms with Gasteiger partial charge in [-0.15, -0.1) is 0 Å². The average Bonchev–Trinajstić information content (AvgIpc) is 2.42. The molecule has 0 aliphatic heterocycles. The van der Waals surface area contributed by atoms with E-state index in [0.717, 1.165) is 12.8 Å². The van der Waals surface area contributed by atoms with Crippen LogP contribution in [0.25, 0.3) is 0 Å². The van der Waals surface area contributed by atoms with E-state index in [4.69, 9.17) is 0 Å². The van der Waals surface area contributed by atoms with Crippen molar-refractivity contribution < 1.29 is 0 Å². The Hall–Kier alpha value is -1.76. The standard InChI is InChI=1S/C18H23N/c1-4-17(13-16-8-6-5-7-9-16)19-18-11-10-14(2)12-15(18)3/h5-12,17,19H,4,13H2,1-3H3. The Balaban J connectivity index is 2.06. The van der Waals surface area contributed by atoms with Gasteiger partial charge in [0.15, 0.2) is 0 Å². The summed E-state index contributed by atoms with van der Waals surface area (Å²) in [5.41, 5.74) is 5.30. The first-order valence-electron chi connectivity index (χ1n) is 7.06. The van der Waals surface area contributed by atoms with Crippen LogP contribution in [0.5, 0.6) is 0 Å². The summed E-state index contributed by atoms with van der Waals surface area (Å²) in [6.07, 6.45) is 2.20. The van der Waals surface area contributed by atoms with Crippen LogP contribution in [0.3, 0.4) is 0 Å². The fraction of sp³-hybridized carbons (Fsp3) is 0.333. The van der Waals surface area contributed by atoms with Crippen LogP contribution in [-0.2, 0) is 6.42 Å². The molecular formula is C18H23N. The molecule has 0 aliphatic rings. The minimum atomic E-state index is 0.490. The normalized spacial score (nSPS) is 12.2. The molecule has 1 nitrogen and oxygen atoms in total. The van der Waals surface area contributed by atoms with Crippen molar-refractivity contribution in [2.75, 3.05) is 5.32 Å². The summed E-state index contributed by atoms with van der Waals surface area (Å²) in [5.74, 6) is 0. The largest absolute Gasteiger partial charge is 0.382 e. The van der Waals surface area contributed by atoms with Gasteiger partial charge in [0.05, 0.1) is 0 Å². The quantitative estimate of drug-likeness (QED) is 0.811. The third kappa shape index (κ3) is 3.85. The van der Waals surface area contributed by atoms with Gasteiger partial charge >= 0.3 is 0 Å². The number of rotatable bonds is 5. The van der Waals surface area contributed by atoms with Gasteiger partial charge < -0.3 is 5.32 Å². The first kappa shape index (κ1) is 13.7. The van der Waals surface area contributed by atoms with Gasteiger partial charge in [0.25, 0.3) is 0 Å². The van der Waals surface area contributed by atoms with Gasteiger partial charge in [-0.25, -0.2) is 0 Å². The number of aryl methyl sites for hydroxylation is 2. The summed E-state index contributed by atoms with van der Waals surface area (Å²) in [7, 11) is 0. The molecule has 0 fully saturated rings. The molecule has 2 aromatic rings. The van der Waals surface area contributed by atoms with E-state index in [1.807, 2.05) is 0 Å². The van der Waals surface area contributed by atoms with Crippen molar-refractivity contribution in [2.45, 2.75) is 39.7 Å². The molecule has 0 aromatic heterocycles. The summed E-state index contributed by atoms with van der Waals surface area (Å²) in [4.78, 5) is 0. The molecule has 2 aromatic carbocycles. The lowest BCUT2D eigenvalue weighted by molar-refractivity contribution is 0.690. The van der Waals surface area contributed by atoms with E-state index in [9.17, 15) is 0 Å². The molecule has 1 N–H and O–H groups in total. The molecule has 0 amide bonds. The lowest BCUT2D eigenvalue weighted by atomic mass is 10.0. The average molecular weight is 253 g/mol. The lowest BCUT2D eigenvalue weighted by Gasteiger charge is -2.20. The smallest absolute Gasteiger partial charge is 0.0372 e. The summed E-state index contributed by atoms with van der Waals surface area (Å²) in [6.45, 7) is 6.55. The minimum absolute atomic E-state index is 0.490. The first-order valence-corrected chi connectivity index (χ1v) is 7.06. The molecule has 0 saturated heterocycles. The summed E-state index contributed by atoms with van der Waals surface area (Å²) in [5, 5.41) is 3.67. The zero-order valence-electron chi connectivity index (χ0n) is 12.1. The highest BCUT2D eigenvalue weighted by Crippen LogP contribution is 2.19. The van der Waals surface area contributed by atoms with Gasteiger partial charge in [-0.2, -0.15) is 0 Å². The molecule has 1 unspecified atom stereocenters. The Morgan fingerprint density at radius 1 is 1.00 bits per heavy atom. The fourth-order valence-corrected chi connectivity index (χ4v) is 2.39. The molecule has 0 aliphatic carbocycles. The first-order chi connectivity index (χ1) is 9.19. The molecule has 2 rings (SSSR count). The maximum absolute atomic E-state index is 3.67. The van der Waals surface area contributed by atoms with E-state index in [0.29, 0.717) is 6.04 Å². The SMILES string of the molecule is CCC(Cc1ccccc1)Nc1ccc(C)cc1C. The molecular weight excluding hydrogens is 230 g/mol. The Labute approximate surface area is 116 Å². The lowest BCUT2D eigenvalue weighted by Crippen LogP contribution is -2.21. The van der Waals surface area contributed by atoms with Crippen molar-refractivity contribution in [3.05, 3.63) is 65.2 Å². The van der Waals surface area contributed by atoms with Gasteiger partial charge in [0.2, 0.25) is 0 Å². The summed E-state index contributed by atoms with van der Waals surface area (Å²) >= 11 is 0. The van der Waals surface area contributed by atoms with Gasteiger partial charge in [-0.05, 0) is 43.9 Å². The number of hydrogen-bond donors (Lipinski definition) is 1. The molecule has 0 heterocycles. The molecule has 1 heteroatoms. The monoisotopic (exact) mass is 253 g/mol. The maximum atomic E-state index is 3.67. The number of benzene rings is 2. The van der Waals surface area contributed by atoms with Crippen LogP contribution in [-0.4, -0.2) is 6.04 Å². The predicted octanol–water partition coefficient (Wildman–Crippen LogP) is 4.74. The second-order valence-electron chi connectivity index (χ2n) is 5.26. The van der Waals surface area contributed by atoms with E-state index >= 15 is 0 Å². The maximum Gasteiger partial charge on any atom is 0.0372 e. The van der Waals surface area contributed by atoms with E-state index < -0.39 is 0 Å². The van der Waals surface area contributed by atoms with E-state index in [2.05, 4.69) is 74.6 Å². The highest BCUT2D eigenvalue weighted by atomic mass is 14.9. The van der Waals surface area contributed by atoms with E-state index in [-0.39, 0.29) is 0 Å². The Bertz CT molecular complexity index is 516. The highest BCUT2D eigenvalue weighted by Gasteiger charge is 2.08. The molecule has 0 bridgehead atoms. The fourth-order valence-electron chi connectivity index (χ4n) is 2.39. The van der Waals surface area contributed by atoms with Crippen molar-refractivity contribution in [1.82, 2.24) is 0 Å². The molecule has 0 spiro atoms. The van der Waals surface area contributed by atoms with Crippen LogP contribution in [0.15, 0.2) is 48.5 Å². The Morgan fingerprint density at radius 3 is 2.37 bits per heavy atom. The van der Waals surface area contributed by atoms with E-state index in [1.165, 1.54) is 22.4 Å². The van der Waals surface area contributed by atoms with Crippen LogP contribution in [0.4, 0.5) is 5.69 Å². The molecule has 100 valence electrons. The topological polar surface area (TPSA) is 12.0 Å². The number of anilines is 1. The van der Waals surface area contributed by atoms with Crippen molar-refractivity contribution in [2.24, 2.45) is 0 Å². The number of nitrogens with one attached hydrogen (secondary N) is 1. The summed E-state index contributed by atoms with van der Waals surface area (Å²) < 4.78 is 0. The Kier molecular flexibility index (Phi) is 4.62. The van der Waals surface area contributed by atoms with Crippen molar-refractivity contribution in [3.63, 3.8) is 0 Å². The highest BCUT2D eigenvalue weighted by molar-refractivity contribution is 5.52. The van der Waals surface area contributed by atoms with Crippen LogP contribution < -0.4 is 5.32 Å². The van der Waals surface area contributed by atoms with Crippen LogP contribution in [0.2, 0.25) is 0 Å². The van der Waals surface area contributed by atoms with Gasteiger partial charge in [0.1, 0.15) is 0 Å². The van der Waals surface area contributed by atoms with Crippen molar-refractivity contribution in [1.29, 1.82) is 0 Å². The Morgan fingerprint density at radius 2 is 1.74 bits per heavy atom. The third-order valence-electron chi connectivity index (χ3n) is 3.56. The molecule has 0 saturated carbocycles. The third-order valence-corrected chi connectivity index (χ3v) is 3.56.